The van der Waals surface area contributed by atoms with E-state index in [-0.39, 0.29) is 10.9 Å². The molecule has 0 amide bonds. The zero-order chi connectivity index (χ0) is 12.5. The zero-order valence-electron chi connectivity index (χ0n) is 9.88. The summed E-state index contributed by atoms with van der Waals surface area (Å²) in [4.78, 5) is 0.219. The fourth-order valence-electron chi connectivity index (χ4n) is 1.71. The molecule has 0 saturated carbocycles. The van der Waals surface area contributed by atoms with E-state index < -0.39 is 10.0 Å². The minimum atomic E-state index is -3.47. The second-order valence-electron chi connectivity index (χ2n) is 3.98. The zero-order valence-corrected chi connectivity index (χ0v) is 10.7. The Balaban J connectivity index is 2.36. The van der Waals surface area contributed by atoms with Crippen molar-refractivity contribution in [3.8, 4) is 5.75 Å². The van der Waals surface area contributed by atoms with Gasteiger partial charge < -0.3 is 10.1 Å². The highest BCUT2D eigenvalue weighted by molar-refractivity contribution is 7.89. The summed E-state index contributed by atoms with van der Waals surface area (Å²) < 4.78 is 31.2. The van der Waals surface area contributed by atoms with Crippen molar-refractivity contribution in [1.29, 1.82) is 0 Å². The third-order valence-corrected chi connectivity index (χ3v) is 4.95. The van der Waals surface area contributed by atoms with Crippen molar-refractivity contribution >= 4 is 10.0 Å². The number of ether oxygens (including phenoxy) is 1. The lowest BCUT2D eigenvalue weighted by Gasteiger charge is -2.34. The van der Waals surface area contributed by atoms with E-state index in [9.17, 15) is 8.42 Å². The molecule has 0 aromatic heterocycles. The largest absolute Gasteiger partial charge is 0.495 e. The number of nitrogens with zero attached hydrogens (tertiary/aromatic N) is 1. The molecule has 0 unspecified atom stereocenters. The average Bonchev–Trinajstić information content (AvgIpc) is 2.26. The molecule has 17 heavy (non-hydrogen) atoms. The van der Waals surface area contributed by atoms with Gasteiger partial charge in [0.15, 0.2) is 0 Å². The fourth-order valence-corrected chi connectivity index (χ4v) is 3.22. The van der Waals surface area contributed by atoms with Gasteiger partial charge in [0.05, 0.1) is 7.11 Å². The molecule has 0 radical (unpaired) electrons. The maximum atomic E-state index is 12.4. The fraction of sp³-hybridized carbons (Fsp3) is 0.455. The highest BCUT2D eigenvalue weighted by Crippen LogP contribution is 2.26. The smallest absolute Gasteiger partial charge is 0.246 e. The SMILES string of the molecule is COc1ccccc1S(=O)(=O)N(C)C1CNC1. The van der Waals surface area contributed by atoms with E-state index in [0.29, 0.717) is 18.8 Å². The maximum absolute atomic E-state index is 12.4. The normalized spacial score (nSPS) is 16.9. The van der Waals surface area contributed by atoms with Crippen molar-refractivity contribution in [2.45, 2.75) is 10.9 Å². The number of nitrogens with one attached hydrogen (secondary N) is 1. The first-order valence-corrected chi connectivity index (χ1v) is 6.83. The molecule has 1 heterocycles. The van der Waals surface area contributed by atoms with E-state index in [0.717, 1.165) is 0 Å². The molecular weight excluding hydrogens is 240 g/mol. The molecule has 0 spiro atoms. The Hall–Kier alpha value is -1.11. The molecule has 1 aromatic carbocycles. The van der Waals surface area contributed by atoms with Crippen LogP contribution in [0, 0.1) is 0 Å². The number of para-hydroxylation sites is 1. The van der Waals surface area contributed by atoms with E-state index in [1.165, 1.54) is 11.4 Å². The van der Waals surface area contributed by atoms with Gasteiger partial charge in [0, 0.05) is 26.2 Å². The number of sulfonamides is 1. The molecule has 1 saturated heterocycles. The van der Waals surface area contributed by atoms with Crippen LogP contribution in [0.3, 0.4) is 0 Å². The first-order chi connectivity index (χ1) is 8.07. The Morgan fingerprint density at radius 1 is 1.35 bits per heavy atom. The predicted octanol–water partition coefficient (Wildman–Crippen LogP) is 0.287. The van der Waals surface area contributed by atoms with Crippen LogP contribution in [-0.4, -0.2) is 46.0 Å². The standard InChI is InChI=1S/C11H16N2O3S/c1-13(9-7-12-8-9)17(14,15)11-6-4-3-5-10(11)16-2/h3-6,9,12H,7-8H2,1-2H3. The minimum absolute atomic E-state index is 0.0323. The van der Waals surface area contributed by atoms with E-state index >= 15 is 0 Å². The van der Waals surface area contributed by atoms with Crippen molar-refractivity contribution in [2.24, 2.45) is 0 Å². The molecule has 1 aliphatic rings. The summed E-state index contributed by atoms with van der Waals surface area (Å²) in [5.41, 5.74) is 0. The van der Waals surface area contributed by atoms with Crippen LogP contribution in [0.15, 0.2) is 29.2 Å². The van der Waals surface area contributed by atoms with Crippen LogP contribution < -0.4 is 10.1 Å². The molecular formula is C11H16N2O3S. The predicted molar refractivity (Wildman–Crippen MR) is 64.6 cm³/mol. The number of methoxy groups -OCH3 is 1. The van der Waals surface area contributed by atoms with Crippen molar-refractivity contribution in [1.82, 2.24) is 9.62 Å². The second-order valence-corrected chi connectivity index (χ2v) is 5.95. The molecule has 2 rings (SSSR count). The van der Waals surface area contributed by atoms with E-state index in [1.54, 1.807) is 31.3 Å². The highest BCUT2D eigenvalue weighted by Gasteiger charge is 2.33. The first-order valence-electron chi connectivity index (χ1n) is 5.39. The molecule has 0 aliphatic carbocycles. The Morgan fingerprint density at radius 3 is 2.53 bits per heavy atom. The van der Waals surface area contributed by atoms with E-state index in [4.69, 9.17) is 4.74 Å². The van der Waals surface area contributed by atoms with Crippen molar-refractivity contribution < 1.29 is 13.2 Å². The van der Waals surface area contributed by atoms with E-state index in [1.807, 2.05) is 0 Å². The molecule has 0 atom stereocenters. The van der Waals surface area contributed by atoms with Gasteiger partial charge in [-0.15, -0.1) is 0 Å². The van der Waals surface area contributed by atoms with Crippen molar-refractivity contribution in [3.05, 3.63) is 24.3 Å². The van der Waals surface area contributed by atoms with Crippen molar-refractivity contribution in [2.75, 3.05) is 27.2 Å². The number of rotatable bonds is 4. The third-order valence-electron chi connectivity index (χ3n) is 3.00. The van der Waals surface area contributed by atoms with Gasteiger partial charge in [0.2, 0.25) is 10.0 Å². The Labute approximate surface area is 101 Å². The number of likely N-dealkylation sites (N-methyl/N-ethyl adjacent to an activating group) is 1. The summed E-state index contributed by atoms with van der Waals surface area (Å²) in [6.45, 7) is 1.40. The first kappa shape index (κ1) is 12.3. The second kappa shape index (κ2) is 4.64. The molecule has 94 valence electrons. The minimum Gasteiger partial charge on any atom is -0.495 e. The van der Waals surface area contributed by atoms with Gasteiger partial charge in [-0.2, -0.15) is 4.31 Å². The van der Waals surface area contributed by atoms with Gasteiger partial charge in [-0.3, -0.25) is 0 Å². The topological polar surface area (TPSA) is 58.6 Å². The Bertz CT molecular complexity index is 497. The molecule has 1 fully saturated rings. The van der Waals surface area contributed by atoms with Crippen LogP contribution in [0.1, 0.15) is 0 Å². The summed E-state index contributed by atoms with van der Waals surface area (Å²) in [5, 5.41) is 3.06. The Morgan fingerprint density at radius 2 is 2.00 bits per heavy atom. The lowest BCUT2D eigenvalue weighted by Crippen LogP contribution is -2.57. The molecule has 1 aromatic rings. The molecule has 0 bridgehead atoms. The van der Waals surface area contributed by atoms with Crippen LogP contribution >= 0.6 is 0 Å². The van der Waals surface area contributed by atoms with Gasteiger partial charge >= 0.3 is 0 Å². The quantitative estimate of drug-likeness (QED) is 0.841. The summed E-state index contributed by atoms with van der Waals surface area (Å²) in [6, 6.07) is 6.70. The molecule has 1 N–H and O–H groups in total. The van der Waals surface area contributed by atoms with E-state index in [2.05, 4.69) is 5.32 Å². The summed E-state index contributed by atoms with van der Waals surface area (Å²) in [5.74, 6) is 0.381. The summed E-state index contributed by atoms with van der Waals surface area (Å²) in [6.07, 6.45) is 0. The highest BCUT2D eigenvalue weighted by atomic mass is 32.2. The molecule has 1 aliphatic heterocycles. The van der Waals surface area contributed by atoms with Gasteiger partial charge in [-0.1, -0.05) is 12.1 Å². The van der Waals surface area contributed by atoms with Crippen LogP contribution in [0.2, 0.25) is 0 Å². The summed E-state index contributed by atoms with van der Waals surface area (Å²) >= 11 is 0. The third kappa shape index (κ3) is 2.15. The lowest BCUT2D eigenvalue weighted by molar-refractivity contribution is 0.273. The number of benzene rings is 1. The monoisotopic (exact) mass is 256 g/mol. The molecule has 5 nitrogen and oxygen atoms in total. The molecule has 6 heteroatoms. The van der Waals surface area contributed by atoms with Gasteiger partial charge in [-0.25, -0.2) is 8.42 Å². The lowest BCUT2D eigenvalue weighted by atomic mass is 10.2. The summed E-state index contributed by atoms with van der Waals surface area (Å²) in [7, 11) is -0.398. The Kier molecular flexibility index (Phi) is 3.37. The van der Waals surface area contributed by atoms with Crippen LogP contribution in [0.5, 0.6) is 5.75 Å². The average molecular weight is 256 g/mol. The van der Waals surface area contributed by atoms with Crippen LogP contribution in [0.4, 0.5) is 0 Å². The maximum Gasteiger partial charge on any atom is 0.246 e. The number of hydrogen-bond acceptors (Lipinski definition) is 4. The van der Waals surface area contributed by atoms with Gasteiger partial charge in [0.1, 0.15) is 10.6 Å². The van der Waals surface area contributed by atoms with Gasteiger partial charge in [0.25, 0.3) is 0 Å². The van der Waals surface area contributed by atoms with Crippen LogP contribution in [-0.2, 0) is 10.0 Å². The van der Waals surface area contributed by atoms with Crippen molar-refractivity contribution in [3.63, 3.8) is 0 Å². The van der Waals surface area contributed by atoms with Crippen LogP contribution in [0.25, 0.3) is 0 Å². The number of hydrogen-bond donors (Lipinski definition) is 1. The van der Waals surface area contributed by atoms with Gasteiger partial charge in [-0.05, 0) is 12.1 Å².